The van der Waals surface area contributed by atoms with Crippen molar-refractivity contribution in [3.05, 3.63) is 83.7 Å². The Morgan fingerprint density at radius 1 is 1.04 bits per heavy atom. The van der Waals surface area contributed by atoms with E-state index in [1.165, 1.54) is 12.1 Å². The van der Waals surface area contributed by atoms with Crippen molar-refractivity contribution in [1.29, 1.82) is 0 Å². The summed E-state index contributed by atoms with van der Waals surface area (Å²) in [5, 5.41) is 6.55. The third-order valence-corrected chi connectivity index (χ3v) is 4.99. The van der Waals surface area contributed by atoms with E-state index in [9.17, 15) is 9.18 Å². The van der Waals surface area contributed by atoms with E-state index in [0.717, 1.165) is 27.6 Å². The summed E-state index contributed by atoms with van der Waals surface area (Å²) in [5.74, 6) is -0.486. The maximum Gasteiger partial charge on any atom is 0.258 e. The van der Waals surface area contributed by atoms with Gasteiger partial charge in [-0.2, -0.15) is 5.10 Å². The molecule has 0 saturated carbocycles. The molecule has 5 nitrogen and oxygen atoms in total. The molecule has 1 saturated heterocycles. The van der Waals surface area contributed by atoms with Crippen LogP contribution in [-0.4, -0.2) is 17.7 Å². The van der Waals surface area contributed by atoms with Crippen LogP contribution < -0.4 is 16.3 Å². The molecular formula is C22H21FN4O. The molecule has 3 aromatic rings. The highest BCUT2D eigenvalue weighted by atomic mass is 19.1. The minimum Gasteiger partial charge on any atom is -0.271 e. The Balaban J connectivity index is 1.39. The fourth-order valence-electron chi connectivity index (χ4n) is 3.34. The van der Waals surface area contributed by atoms with Gasteiger partial charge in [0.05, 0.1) is 5.71 Å². The van der Waals surface area contributed by atoms with E-state index in [-0.39, 0.29) is 17.8 Å². The zero-order valence-electron chi connectivity index (χ0n) is 15.4. The molecule has 3 N–H and O–H groups in total. The molecule has 0 radical (unpaired) electrons. The first-order chi connectivity index (χ1) is 13.6. The van der Waals surface area contributed by atoms with Gasteiger partial charge >= 0.3 is 0 Å². The molecule has 1 aliphatic rings. The molecule has 1 heterocycles. The van der Waals surface area contributed by atoms with Crippen molar-refractivity contribution in [1.82, 2.24) is 16.3 Å². The third kappa shape index (κ3) is 3.93. The molecule has 28 heavy (non-hydrogen) atoms. The number of benzene rings is 3. The number of carbonyl (C=O) groups excluding carboxylic acids is 1. The summed E-state index contributed by atoms with van der Waals surface area (Å²) in [4.78, 5) is 12.4. The van der Waals surface area contributed by atoms with E-state index < -0.39 is 6.04 Å². The molecule has 0 spiro atoms. The topological polar surface area (TPSA) is 65.5 Å². The van der Waals surface area contributed by atoms with E-state index in [4.69, 9.17) is 0 Å². The van der Waals surface area contributed by atoms with Gasteiger partial charge in [-0.05, 0) is 53.4 Å². The molecule has 0 aliphatic carbocycles. The van der Waals surface area contributed by atoms with Crippen LogP contribution in [0.1, 0.15) is 30.5 Å². The van der Waals surface area contributed by atoms with Crippen molar-refractivity contribution in [3.63, 3.8) is 0 Å². The maximum atomic E-state index is 13.1. The maximum absolute atomic E-state index is 13.1. The van der Waals surface area contributed by atoms with Crippen molar-refractivity contribution < 1.29 is 9.18 Å². The second-order valence-electron chi connectivity index (χ2n) is 6.92. The molecule has 0 aromatic heterocycles. The Labute approximate surface area is 162 Å². The quantitative estimate of drug-likeness (QED) is 0.483. The standard InChI is InChI=1S/C22H21FN4O/c1-14(17-7-6-15-4-2-3-5-18(15)12-17)24-27-22(28)21-13-20(25-26-21)16-8-10-19(23)11-9-16/h2-12,20-21,25-26H,13H2,1H3,(H,27,28)/b24-14+. The molecule has 2 unspecified atom stereocenters. The highest BCUT2D eigenvalue weighted by molar-refractivity contribution is 6.02. The van der Waals surface area contributed by atoms with Gasteiger partial charge in [-0.1, -0.05) is 48.5 Å². The predicted molar refractivity (Wildman–Crippen MR) is 108 cm³/mol. The Morgan fingerprint density at radius 2 is 1.79 bits per heavy atom. The zero-order valence-corrected chi connectivity index (χ0v) is 15.4. The van der Waals surface area contributed by atoms with Crippen LogP contribution in [0.3, 0.4) is 0 Å². The van der Waals surface area contributed by atoms with Gasteiger partial charge in [-0.3, -0.25) is 4.79 Å². The van der Waals surface area contributed by atoms with Gasteiger partial charge in [0.25, 0.3) is 5.91 Å². The van der Waals surface area contributed by atoms with Gasteiger partial charge in [-0.15, -0.1) is 0 Å². The monoisotopic (exact) mass is 376 g/mol. The zero-order chi connectivity index (χ0) is 19.5. The summed E-state index contributed by atoms with van der Waals surface area (Å²) >= 11 is 0. The van der Waals surface area contributed by atoms with Gasteiger partial charge in [0.2, 0.25) is 0 Å². The number of hydrogen-bond acceptors (Lipinski definition) is 4. The van der Waals surface area contributed by atoms with E-state index in [0.29, 0.717) is 6.42 Å². The second-order valence-corrected chi connectivity index (χ2v) is 6.92. The lowest BCUT2D eigenvalue weighted by Gasteiger charge is -2.09. The van der Waals surface area contributed by atoms with E-state index in [1.807, 2.05) is 31.2 Å². The number of nitrogens with zero attached hydrogens (tertiary/aromatic N) is 1. The number of carbonyl (C=O) groups is 1. The lowest BCUT2D eigenvalue weighted by molar-refractivity contribution is -0.122. The summed E-state index contributed by atoms with van der Waals surface area (Å²) in [6.07, 6.45) is 0.558. The number of rotatable bonds is 4. The minimum atomic E-state index is -0.414. The van der Waals surface area contributed by atoms with Crippen LogP contribution >= 0.6 is 0 Å². The van der Waals surface area contributed by atoms with Gasteiger partial charge in [0, 0.05) is 6.04 Å². The number of nitrogens with one attached hydrogen (secondary N) is 3. The second kappa shape index (κ2) is 7.88. The molecule has 142 valence electrons. The van der Waals surface area contributed by atoms with Crippen molar-refractivity contribution in [2.24, 2.45) is 5.10 Å². The number of hydrogen-bond donors (Lipinski definition) is 3. The van der Waals surface area contributed by atoms with Gasteiger partial charge in [0.15, 0.2) is 0 Å². The fraction of sp³-hybridized carbons (Fsp3) is 0.182. The van der Waals surface area contributed by atoms with Crippen LogP contribution in [0, 0.1) is 5.82 Å². The number of hydrazine groups is 1. The Morgan fingerprint density at radius 3 is 2.57 bits per heavy atom. The number of fused-ring (bicyclic) bond motifs is 1. The van der Waals surface area contributed by atoms with Gasteiger partial charge in [0.1, 0.15) is 11.9 Å². The highest BCUT2D eigenvalue weighted by Gasteiger charge is 2.30. The van der Waals surface area contributed by atoms with Crippen molar-refractivity contribution in [2.45, 2.75) is 25.4 Å². The molecule has 2 atom stereocenters. The molecule has 0 bridgehead atoms. The van der Waals surface area contributed by atoms with Crippen LogP contribution in [0.15, 0.2) is 71.8 Å². The molecule has 1 amide bonds. The van der Waals surface area contributed by atoms with Gasteiger partial charge < -0.3 is 0 Å². The van der Waals surface area contributed by atoms with Crippen LogP contribution in [0.5, 0.6) is 0 Å². The number of amides is 1. The fourth-order valence-corrected chi connectivity index (χ4v) is 3.34. The molecule has 6 heteroatoms. The summed E-state index contributed by atoms with van der Waals surface area (Å²) in [6, 6.07) is 20.0. The van der Waals surface area contributed by atoms with E-state index in [1.54, 1.807) is 12.1 Å². The van der Waals surface area contributed by atoms with Crippen LogP contribution in [-0.2, 0) is 4.79 Å². The lowest BCUT2D eigenvalue weighted by atomic mass is 10.0. The average Bonchev–Trinajstić information content (AvgIpc) is 3.22. The normalized spacial score (nSPS) is 19.7. The third-order valence-electron chi connectivity index (χ3n) is 4.99. The van der Waals surface area contributed by atoms with Gasteiger partial charge in [-0.25, -0.2) is 20.7 Å². The first-order valence-corrected chi connectivity index (χ1v) is 9.20. The molecule has 4 rings (SSSR count). The number of halogens is 1. The number of hydrazone groups is 1. The molecule has 3 aromatic carbocycles. The van der Waals surface area contributed by atoms with Crippen LogP contribution in [0.2, 0.25) is 0 Å². The largest absolute Gasteiger partial charge is 0.271 e. The van der Waals surface area contributed by atoms with Crippen molar-refractivity contribution in [2.75, 3.05) is 0 Å². The first kappa shape index (κ1) is 18.3. The Bertz CT molecular complexity index is 1030. The van der Waals surface area contributed by atoms with Crippen LogP contribution in [0.4, 0.5) is 4.39 Å². The van der Waals surface area contributed by atoms with Crippen LogP contribution in [0.25, 0.3) is 10.8 Å². The Hall–Kier alpha value is -3.09. The minimum absolute atomic E-state index is 0.0538. The first-order valence-electron chi connectivity index (χ1n) is 9.20. The summed E-state index contributed by atoms with van der Waals surface area (Å²) in [7, 11) is 0. The smallest absolute Gasteiger partial charge is 0.258 e. The van der Waals surface area contributed by atoms with Crippen molar-refractivity contribution in [3.8, 4) is 0 Å². The van der Waals surface area contributed by atoms with E-state index >= 15 is 0 Å². The Kier molecular flexibility index (Phi) is 5.14. The molecular weight excluding hydrogens is 355 g/mol. The van der Waals surface area contributed by atoms with E-state index in [2.05, 4.69) is 39.6 Å². The summed E-state index contributed by atoms with van der Waals surface area (Å²) in [6.45, 7) is 1.87. The highest BCUT2D eigenvalue weighted by Crippen LogP contribution is 2.22. The summed E-state index contributed by atoms with van der Waals surface area (Å²) < 4.78 is 13.1. The lowest BCUT2D eigenvalue weighted by Crippen LogP contribution is -2.41. The van der Waals surface area contributed by atoms with Crippen molar-refractivity contribution >= 4 is 22.4 Å². The average molecular weight is 376 g/mol. The molecule has 1 fully saturated rings. The SMILES string of the molecule is C/C(=N\NC(=O)C1CC(c2ccc(F)cc2)NN1)c1ccc2ccccc2c1. The molecule has 1 aliphatic heterocycles. The predicted octanol–water partition coefficient (Wildman–Crippen LogP) is 3.43. The summed E-state index contributed by atoms with van der Waals surface area (Å²) in [5.41, 5.74) is 11.3.